The molecule has 3 rings (SSSR count). The van der Waals surface area contributed by atoms with Crippen molar-refractivity contribution in [1.29, 1.82) is 0 Å². The first kappa shape index (κ1) is 16.8. The highest BCUT2D eigenvalue weighted by molar-refractivity contribution is 5.89. The third-order valence-corrected chi connectivity index (χ3v) is 3.93. The van der Waals surface area contributed by atoms with Crippen molar-refractivity contribution in [2.24, 2.45) is 0 Å². The monoisotopic (exact) mass is 337 g/mol. The van der Waals surface area contributed by atoms with Gasteiger partial charge in [-0.1, -0.05) is 30.3 Å². The lowest BCUT2D eigenvalue weighted by atomic mass is 10.2. The van der Waals surface area contributed by atoms with E-state index in [1.54, 1.807) is 12.1 Å². The number of amides is 2. The van der Waals surface area contributed by atoms with Crippen LogP contribution in [0.25, 0.3) is 0 Å². The number of urea groups is 1. The van der Waals surface area contributed by atoms with Gasteiger partial charge in [-0.15, -0.1) is 0 Å². The van der Waals surface area contributed by atoms with Crippen molar-refractivity contribution in [3.05, 3.63) is 89.5 Å². The van der Waals surface area contributed by atoms with E-state index in [4.69, 9.17) is 0 Å². The molecular formula is C20H20FN3O. The fourth-order valence-corrected chi connectivity index (χ4v) is 2.64. The van der Waals surface area contributed by atoms with Crippen LogP contribution in [0.1, 0.15) is 16.8 Å². The quantitative estimate of drug-likeness (QED) is 0.716. The van der Waals surface area contributed by atoms with Crippen molar-refractivity contribution in [1.82, 2.24) is 9.88 Å². The average Bonchev–Trinajstić information content (AvgIpc) is 3.02. The van der Waals surface area contributed by atoms with E-state index >= 15 is 0 Å². The van der Waals surface area contributed by atoms with E-state index in [-0.39, 0.29) is 11.8 Å². The van der Waals surface area contributed by atoms with E-state index in [1.165, 1.54) is 6.07 Å². The SMILES string of the molecule is Cc1cccc(NC(=O)NCc2cccn2Cc2ccccc2F)c1. The van der Waals surface area contributed by atoms with Crippen LogP contribution in [0.2, 0.25) is 0 Å². The molecule has 0 aliphatic heterocycles. The normalized spacial score (nSPS) is 10.5. The van der Waals surface area contributed by atoms with E-state index in [1.807, 2.05) is 60.2 Å². The van der Waals surface area contributed by atoms with Crippen LogP contribution in [0.4, 0.5) is 14.9 Å². The molecule has 128 valence electrons. The Kier molecular flexibility index (Phi) is 5.14. The molecule has 5 heteroatoms. The minimum Gasteiger partial charge on any atom is -0.345 e. The highest BCUT2D eigenvalue weighted by Crippen LogP contribution is 2.12. The topological polar surface area (TPSA) is 46.1 Å². The molecule has 2 amide bonds. The summed E-state index contributed by atoms with van der Waals surface area (Å²) in [5.74, 6) is -0.229. The summed E-state index contributed by atoms with van der Waals surface area (Å²) in [6.07, 6.45) is 1.88. The van der Waals surface area contributed by atoms with Crippen molar-refractivity contribution in [3.8, 4) is 0 Å². The van der Waals surface area contributed by atoms with Crippen LogP contribution in [0, 0.1) is 12.7 Å². The molecule has 3 aromatic rings. The second-order valence-corrected chi connectivity index (χ2v) is 5.90. The summed E-state index contributed by atoms with van der Waals surface area (Å²) in [5, 5.41) is 5.63. The van der Waals surface area contributed by atoms with Gasteiger partial charge in [0.05, 0.1) is 13.1 Å². The first-order valence-electron chi connectivity index (χ1n) is 8.11. The summed E-state index contributed by atoms with van der Waals surface area (Å²) in [7, 11) is 0. The van der Waals surface area contributed by atoms with Crippen LogP contribution in [-0.4, -0.2) is 10.6 Å². The van der Waals surface area contributed by atoms with Crippen molar-refractivity contribution in [2.75, 3.05) is 5.32 Å². The van der Waals surface area contributed by atoms with Gasteiger partial charge in [-0.3, -0.25) is 0 Å². The van der Waals surface area contributed by atoms with E-state index in [9.17, 15) is 9.18 Å². The first-order valence-corrected chi connectivity index (χ1v) is 8.11. The number of carbonyl (C=O) groups excluding carboxylic acids is 1. The van der Waals surface area contributed by atoms with E-state index in [0.29, 0.717) is 18.7 Å². The molecule has 0 saturated carbocycles. The van der Waals surface area contributed by atoms with Gasteiger partial charge in [-0.2, -0.15) is 0 Å². The molecule has 2 N–H and O–H groups in total. The summed E-state index contributed by atoms with van der Waals surface area (Å²) in [4.78, 5) is 12.1. The molecule has 0 unspecified atom stereocenters. The lowest BCUT2D eigenvalue weighted by molar-refractivity contribution is 0.251. The minimum absolute atomic E-state index is 0.229. The van der Waals surface area contributed by atoms with Crippen LogP contribution in [0.15, 0.2) is 66.9 Å². The maximum Gasteiger partial charge on any atom is 0.319 e. The van der Waals surface area contributed by atoms with Gasteiger partial charge in [-0.25, -0.2) is 9.18 Å². The number of rotatable bonds is 5. The number of halogens is 1. The van der Waals surface area contributed by atoms with E-state index in [0.717, 1.165) is 16.9 Å². The molecule has 1 heterocycles. The lowest BCUT2D eigenvalue weighted by Crippen LogP contribution is -2.29. The molecule has 0 aliphatic carbocycles. The number of benzene rings is 2. The van der Waals surface area contributed by atoms with E-state index in [2.05, 4.69) is 10.6 Å². The van der Waals surface area contributed by atoms with Gasteiger partial charge < -0.3 is 15.2 Å². The highest BCUT2D eigenvalue weighted by atomic mass is 19.1. The number of hydrogen-bond acceptors (Lipinski definition) is 1. The van der Waals surface area contributed by atoms with Gasteiger partial charge in [0.15, 0.2) is 0 Å². The van der Waals surface area contributed by atoms with Crippen molar-refractivity contribution < 1.29 is 9.18 Å². The molecule has 1 aromatic heterocycles. The van der Waals surface area contributed by atoms with Gasteiger partial charge in [0.2, 0.25) is 0 Å². The Morgan fingerprint density at radius 1 is 1.08 bits per heavy atom. The summed E-state index contributed by atoms with van der Waals surface area (Å²) in [6.45, 7) is 2.76. The lowest BCUT2D eigenvalue weighted by Gasteiger charge is -2.12. The zero-order valence-corrected chi connectivity index (χ0v) is 14.0. The molecule has 25 heavy (non-hydrogen) atoms. The van der Waals surface area contributed by atoms with Gasteiger partial charge in [0.1, 0.15) is 5.82 Å². The summed E-state index contributed by atoms with van der Waals surface area (Å²) < 4.78 is 15.7. The zero-order chi connectivity index (χ0) is 17.6. The molecule has 4 nitrogen and oxygen atoms in total. The van der Waals surface area contributed by atoms with Crippen LogP contribution >= 0.6 is 0 Å². The van der Waals surface area contributed by atoms with Crippen LogP contribution in [0.3, 0.4) is 0 Å². The predicted octanol–water partition coefficient (Wildman–Crippen LogP) is 4.31. The smallest absolute Gasteiger partial charge is 0.319 e. The molecule has 2 aromatic carbocycles. The molecule has 0 atom stereocenters. The number of hydrogen-bond donors (Lipinski definition) is 2. The molecule has 0 saturated heterocycles. The summed E-state index contributed by atoms with van der Waals surface area (Å²) in [6, 6.07) is 17.8. The molecule has 0 radical (unpaired) electrons. The maximum absolute atomic E-state index is 13.8. The molecular weight excluding hydrogens is 317 g/mol. The Balaban J connectivity index is 1.60. The number of nitrogens with zero attached hydrogens (tertiary/aromatic N) is 1. The first-order chi connectivity index (χ1) is 12.1. The van der Waals surface area contributed by atoms with Gasteiger partial charge in [-0.05, 0) is 42.8 Å². The van der Waals surface area contributed by atoms with Gasteiger partial charge in [0, 0.05) is 23.1 Å². The van der Waals surface area contributed by atoms with Gasteiger partial charge >= 0.3 is 6.03 Å². The van der Waals surface area contributed by atoms with E-state index < -0.39 is 0 Å². The van der Waals surface area contributed by atoms with Crippen LogP contribution in [0.5, 0.6) is 0 Å². The summed E-state index contributed by atoms with van der Waals surface area (Å²) in [5.41, 5.74) is 3.35. The second kappa shape index (κ2) is 7.66. The predicted molar refractivity (Wildman–Crippen MR) is 97.0 cm³/mol. The second-order valence-electron chi connectivity index (χ2n) is 5.90. The van der Waals surface area contributed by atoms with Crippen molar-refractivity contribution >= 4 is 11.7 Å². The minimum atomic E-state index is -0.274. The number of aromatic nitrogens is 1. The third kappa shape index (κ3) is 4.47. The van der Waals surface area contributed by atoms with Crippen LogP contribution in [-0.2, 0) is 13.1 Å². The standard InChI is InChI=1S/C20H20FN3O/c1-15-6-4-8-17(12-15)23-20(25)22-13-18-9-5-11-24(18)14-16-7-2-3-10-19(16)21/h2-12H,13-14H2,1H3,(H2,22,23,25). The molecule has 0 bridgehead atoms. The van der Waals surface area contributed by atoms with Gasteiger partial charge in [0.25, 0.3) is 0 Å². The molecule has 0 fully saturated rings. The Morgan fingerprint density at radius 3 is 2.72 bits per heavy atom. The average molecular weight is 337 g/mol. The largest absolute Gasteiger partial charge is 0.345 e. The fourth-order valence-electron chi connectivity index (χ4n) is 2.64. The van der Waals surface area contributed by atoms with Crippen molar-refractivity contribution in [3.63, 3.8) is 0 Å². The Bertz CT molecular complexity index is 873. The van der Waals surface area contributed by atoms with Crippen molar-refractivity contribution in [2.45, 2.75) is 20.0 Å². The fraction of sp³-hybridized carbons (Fsp3) is 0.150. The Morgan fingerprint density at radius 2 is 1.92 bits per heavy atom. The summed E-state index contributed by atoms with van der Waals surface area (Å²) >= 11 is 0. The number of carbonyl (C=O) groups is 1. The molecule has 0 spiro atoms. The zero-order valence-electron chi connectivity index (χ0n) is 14.0. The Hall–Kier alpha value is -3.08. The van der Waals surface area contributed by atoms with Crippen LogP contribution < -0.4 is 10.6 Å². The number of nitrogens with one attached hydrogen (secondary N) is 2. The number of aryl methyl sites for hydroxylation is 1. The molecule has 0 aliphatic rings. The maximum atomic E-state index is 13.8. The Labute approximate surface area is 146 Å². The number of anilines is 1. The highest BCUT2D eigenvalue weighted by Gasteiger charge is 2.07. The third-order valence-electron chi connectivity index (χ3n) is 3.93.